The van der Waals surface area contributed by atoms with E-state index in [2.05, 4.69) is 42.6 Å². The molecule has 0 aliphatic carbocycles. The number of carboxylic acids is 2. The Morgan fingerprint density at radius 2 is 1.46 bits per heavy atom. The van der Waals surface area contributed by atoms with Gasteiger partial charge in [0.2, 0.25) is 29.5 Å². The Labute approximate surface area is 476 Å². The molecule has 2 aromatic rings. The average Bonchev–Trinajstić information content (AvgIpc) is 4.00. The highest BCUT2D eigenvalue weighted by molar-refractivity contribution is 8.00. The lowest BCUT2D eigenvalue weighted by atomic mass is 9.87. The van der Waals surface area contributed by atoms with E-state index in [0.717, 1.165) is 24.2 Å². The molecule has 446 valence electrons. The number of hydrogen-bond donors (Lipinski definition) is 11. The van der Waals surface area contributed by atoms with Crippen LogP contribution in [0.5, 0.6) is 5.75 Å². The number of hydrazine groups is 1. The van der Waals surface area contributed by atoms with Crippen molar-refractivity contribution >= 4 is 76.9 Å². The minimum Gasteiger partial charge on any atom is -0.508 e. The molecule has 0 saturated carbocycles. The number of Topliss-reactive ketones (excluding diaryl/α,β-unsaturated/α-hetero) is 1. The molecule has 0 unspecified atom stereocenters. The zero-order valence-electron chi connectivity index (χ0n) is 46.9. The number of amides is 8. The first-order chi connectivity index (χ1) is 38.5. The van der Waals surface area contributed by atoms with Crippen molar-refractivity contribution in [2.45, 2.75) is 160 Å². The van der Waals surface area contributed by atoms with Gasteiger partial charge in [-0.25, -0.2) is 14.6 Å². The minimum absolute atomic E-state index is 0.0135. The quantitative estimate of drug-likeness (QED) is 0.0202. The number of aliphatic carboxylic acids is 2. The Morgan fingerprint density at radius 1 is 0.753 bits per heavy atom. The van der Waals surface area contributed by atoms with Crippen molar-refractivity contribution in [3.63, 3.8) is 0 Å². The standard InChI is InChI=1S/C56H81N9O15S/c1-33(2)39(52(75)64-65(30-50(73)74)48(70)31-80-55(78)40-27-34(3)16-17-35(40)4)29-45(68)41(22-23-49(71)72)57-24-10-6-11-26-59-53(76)43(28-37-18-20-38(67)21-19-37)61-54(77)42(60-36(5)66)13-9-12-25-58-47(69)15-8-7-14-46-51-44(32-81-46)62-56(79)63-51/h16-21,27,33,39,41-44,46,51,57,67H,6-15,22-26,28-32H2,1-5H3,(H,58,69)(H,59,76)(H,60,66)(H,61,77)(H,64,75)(H,71,72)(H,73,74)(H2,62,63,79)/t39-,41-,42-,43-,44+,46+,51+/m0/s1. The van der Waals surface area contributed by atoms with Gasteiger partial charge in [-0.1, -0.05) is 56.5 Å². The first-order valence-corrected chi connectivity index (χ1v) is 28.7. The predicted molar refractivity (Wildman–Crippen MR) is 299 cm³/mol. The van der Waals surface area contributed by atoms with Gasteiger partial charge in [0.1, 0.15) is 24.4 Å². The molecule has 7 atom stereocenters. The number of phenolic OH excluding ortho intramolecular Hbond substituents is 1. The summed E-state index contributed by atoms with van der Waals surface area (Å²) < 4.78 is 5.15. The topological polar surface area (TPSA) is 357 Å². The monoisotopic (exact) mass is 1150 g/mol. The van der Waals surface area contributed by atoms with E-state index in [-0.39, 0.29) is 80.5 Å². The van der Waals surface area contributed by atoms with Crippen LogP contribution in [0.4, 0.5) is 4.79 Å². The predicted octanol–water partition coefficient (Wildman–Crippen LogP) is 2.70. The summed E-state index contributed by atoms with van der Waals surface area (Å²) in [6, 6.07) is 8.33. The highest BCUT2D eigenvalue weighted by Crippen LogP contribution is 2.33. The number of thioether (sulfide) groups is 1. The fourth-order valence-electron chi connectivity index (χ4n) is 9.38. The molecule has 2 saturated heterocycles. The third-order valence-electron chi connectivity index (χ3n) is 13.9. The Hall–Kier alpha value is -7.28. The van der Waals surface area contributed by atoms with Crippen molar-refractivity contribution in [3.05, 3.63) is 64.7 Å². The number of carboxylic acid groups (broad SMARTS) is 2. The summed E-state index contributed by atoms with van der Waals surface area (Å²) in [5.74, 6) is -8.12. The van der Waals surface area contributed by atoms with Crippen molar-refractivity contribution in [3.8, 4) is 5.75 Å². The molecule has 2 aliphatic heterocycles. The highest BCUT2D eigenvalue weighted by Gasteiger charge is 2.42. The van der Waals surface area contributed by atoms with E-state index in [0.29, 0.717) is 72.9 Å². The molecule has 25 heteroatoms. The molecular formula is C56H81N9O15S. The van der Waals surface area contributed by atoms with Crippen molar-refractivity contribution in [2.75, 3.05) is 38.5 Å². The number of aromatic hydroxyl groups is 1. The van der Waals surface area contributed by atoms with Crippen LogP contribution in [0.25, 0.3) is 0 Å². The van der Waals surface area contributed by atoms with Gasteiger partial charge >= 0.3 is 23.9 Å². The molecule has 2 aromatic carbocycles. The fourth-order valence-corrected chi connectivity index (χ4v) is 10.9. The molecule has 2 heterocycles. The molecule has 2 fully saturated rings. The number of hydrogen-bond acceptors (Lipinski definition) is 15. The van der Waals surface area contributed by atoms with E-state index in [1.807, 2.05) is 11.8 Å². The number of ether oxygens (including phenoxy) is 1. The van der Waals surface area contributed by atoms with Gasteiger partial charge in [0.15, 0.2) is 12.4 Å². The minimum atomic E-state index is -1.48. The lowest BCUT2D eigenvalue weighted by Crippen LogP contribution is -2.54. The smallest absolute Gasteiger partial charge is 0.338 e. The third kappa shape index (κ3) is 23.8. The first kappa shape index (κ1) is 66.2. The largest absolute Gasteiger partial charge is 0.508 e. The SMILES string of the molecule is CC(=O)N[C@@H](CCCCNC(=O)CCCC[C@H]1SC[C@H]2NC(=O)N[C@H]21)C(=O)N[C@@H](Cc1ccc(O)cc1)C(=O)NCCCCCN[C@@H](CCC(=O)O)C(=O)C[C@H](C(=O)NN(CC(=O)O)C(=O)COC(=O)c1cc(C)ccc1C)C(C)C. The summed E-state index contributed by atoms with van der Waals surface area (Å²) in [5.41, 5.74) is 4.48. The van der Waals surface area contributed by atoms with E-state index >= 15 is 0 Å². The van der Waals surface area contributed by atoms with Crippen LogP contribution in [-0.4, -0.2) is 159 Å². The van der Waals surface area contributed by atoms with Gasteiger partial charge < -0.3 is 57.3 Å². The number of carbonyl (C=O) groups is 11. The van der Waals surface area contributed by atoms with E-state index in [1.165, 1.54) is 19.1 Å². The number of rotatable bonds is 36. The molecule has 0 aromatic heterocycles. The van der Waals surface area contributed by atoms with Crippen LogP contribution in [0, 0.1) is 25.7 Å². The van der Waals surface area contributed by atoms with Gasteiger partial charge in [-0.15, -0.1) is 0 Å². The van der Waals surface area contributed by atoms with Crippen molar-refractivity contribution in [2.24, 2.45) is 11.8 Å². The second-order valence-corrected chi connectivity index (χ2v) is 22.2. The summed E-state index contributed by atoms with van der Waals surface area (Å²) in [6.07, 6.45) is 4.78. The van der Waals surface area contributed by atoms with E-state index in [9.17, 15) is 68.1 Å². The van der Waals surface area contributed by atoms with Gasteiger partial charge in [0.25, 0.3) is 5.91 Å². The number of aryl methyl sites for hydroxylation is 2. The highest BCUT2D eigenvalue weighted by atomic mass is 32.2. The number of carbonyl (C=O) groups excluding carboxylic acids is 9. The summed E-state index contributed by atoms with van der Waals surface area (Å²) in [4.78, 5) is 140. The van der Waals surface area contributed by atoms with E-state index in [1.54, 1.807) is 58.0 Å². The molecular weight excluding hydrogens is 1070 g/mol. The molecule has 0 radical (unpaired) electrons. The lowest BCUT2D eigenvalue weighted by molar-refractivity contribution is -0.153. The number of ketones is 1. The van der Waals surface area contributed by atoms with Gasteiger partial charge in [0, 0.05) is 62.6 Å². The summed E-state index contributed by atoms with van der Waals surface area (Å²) in [5, 5.41) is 49.9. The van der Waals surface area contributed by atoms with Crippen molar-refractivity contribution in [1.29, 1.82) is 0 Å². The summed E-state index contributed by atoms with van der Waals surface area (Å²) in [7, 11) is 0. The van der Waals surface area contributed by atoms with Gasteiger partial charge in [-0.2, -0.15) is 11.8 Å². The Kier molecular flexibility index (Phi) is 27.9. The normalized spacial score (nSPS) is 16.8. The molecule has 0 bridgehead atoms. The number of phenols is 1. The number of unbranched alkanes of at least 4 members (excludes halogenated alkanes) is 4. The number of fused-ring (bicyclic) bond motifs is 1. The number of esters is 1. The third-order valence-corrected chi connectivity index (χ3v) is 15.5. The van der Waals surface area contributed by atoms with Gasteiger partial charge in [0.05, 0.1) is 23.7 Å². The van der Waals surface area contributed by atoms with Crippen LogP contribution in [0.1, 0.15) is 131 Å². The summed E-state index contributed by atoms with van der Waals surface area (Å²) >= 11 is 1.83. The Morgan fingerprint density at radius 3 is 2.15 bits per heavy atom. The van der Waals surface area contributed by atoms with Crippen LogP contribution < -0.4 is 42.6 Å². The van der Waals surface area contributed by atoms with Crippen LogP contribution in [-0.2, 0) is 54.3 Å². The number of nitrogens with zero attached hydrogens (tertiary/aromatic N) is 1. The zero-order valence-corrected chi connectivity index (χ0v) is 47.7. The first-order valence-electron chi connectivity index (χ1n) is 27.6. The second kappa shape index (κ2) is 34.1. The van der Waals surface area contributed by atoms with Crippen LogP contribution in [0.3, 0.4) is 0 Å². The number of urea groups is 1. The lowest BCUT2D eigenvalue weighted by Gasteiger charge is -2.27. The maximum absolute atomic E-state index is 13.8. The van der Waals surface area contributed by atoms with Crippen LogP contribution >= 0.6 is 11.8 Å². The van der Waals surface area contributed by atoms with Crippen molar-refractivity contribution in [1.82, 2.24) is 47.7 Å². The second-order valence-electron chi connectivity index (χ2n) is 21.0. The maximum Gasteiger partial charge on any atom is 0.338 e. The molecule has 81 heavy (non-hydrogen) atoms. The fraction of sp³-hybridized carbons (Fsp3) is 0.589. The summed E-state index contributed by atoms with van der Waals surface area (Å²) in [6.45, 7) is 6.98. The molecule has 24 nitrogen and oxygen atoms in total. The Balaban J connectivity index is 1.24. The van der Waals surface area contributed by atoms with Crippen molar-refractivity contribution < 1.29 is 72.8 Å². The van der Waals surface area contributed by atoms with E-state index < -0.39 is 96.3 Å². The molecule has 2 aliphatic rings. The molecule has 0 spiro atoms. The maximum atomic E-state index is 13.8. The average molecular weight is 1150 g/mol. The number of nitrogens with one attached hydrogen (secondary N) is 8. The van der Waals surface area contributed by atoms with Gasteiger partial charge in [-0.3, -0.25) is 48.6 Å². The number of benzene rings is 2. The van der Waals surface area contributed by atoms with Gasteiger partial charge in [-0.05, 0) is 107 Å². The van der Waals surface area contributed by atoms with Crippen LogP contribution in [0.2, 0.25) is 0 Å². The zero-order chi connectivity index (χ0) is 59.6. The van der Waals surface area contributed by atoms with Crippen LogP contribution in [0.15, 0.2) is 42.5 Å². The molecule has 11 N–H and O–H groups in total. The molecule has 4 rings (SSSR count). The van der Waals surface area contributed by atoms with E-state index in [4.69, 9.17) is 4.74 Å². The molecule has 8 amide bonds. The Bertz CT molecular complexity index is 2510.